The van der Waals surface area contributed by atoms with E-state index in [1.807, 2.05) is 23.6 Å². The zero-order chi connectivity index (χ0) is 15.2. The Morgan fingerprint density at radius 1 is 1.52 bits per heavy atom. The summed E-state index contributed by atoms with van der Waals surface area (Å²) in [6.07, 6.45) is 0.699. The first-order valence-corrected chi connectivity index (χ1v) is 7.35. The number of thiazole rings is 1. The quantitative estimate of drug-likeness (QED) is 0.920. The van der Waals surface area contributed by atoms with Gasteiger partial charge in [0.25, 0.3) is 0 Å². The van der Waals surface area contributed by atoms with E-state index in [-0.39, 0.29) is 12.3 Å². The molecule has 0 fully saturated rings. The molecule has 0 aliphatic carbocycles. The molecule has 0 aliphatic heterocycles. The number of carbonyl (C=O) groups excluding carboxylic acids is 1. The number of nitrogens with one attached hydrogen (secondary N) is 1. The summed E-state index contributed by atoms with van der Waals surface area (Å²) in [7, 11) is 1.58. The number of carbonyl (C=O) groups is 1. The van der Waals surface area contributed by atoms with E-state index in [2.05, 4.69) is 16.4 Å². The van der Waals surface area contributed by atoms with Gasteiger partial charge < -0.3 is 10.1 Å². The zero-order valence-corrected chi connectivity index (χ0v) is 12.7. The van der Waals surface area contributed by atoms with E-state index in [0.29, 0.717) is 17.3 Å². The third kappa shape index (κ3) is 3.58. The van der Waals surface area contributed by atoms with E-state index in [9.17, 15) is 4.79 Å². The molecular formula is C15H15N3O2S. The van der Waals surface area contributed by atoms with Crippen LogP contribution in [-0.2, 0) is 11.2 Å². The van der Waals surface area contributed by atoms with Crippen molar-refractivity contribution in [3.63, 3.8) is 0 Å². The van der Waals surface area contributed by atoms with Crippen LogP contribution in [-0.4, -0.2) is 18.0 Å². The Morgan fingerprint density at radius 2 is 2.33 bits per heavy atom. The maximum absolute atomic E-state index is 11.4. The van der Waals surface area contributed by atoms with E-state index in [0.717, 1.165) is 16.8 Å². The Hall–Kier alpha value is -2.39. The average Bonchev–Trinajstić information content (AvgIpc) is 2.96. The normalized spacial score (nSPS) is 9.95. The Labute approximate surface area is 127 Å². The second-order valence-corrected chi connectivity index (χ2v) is 5.16. The lowest BCUT2D eigenvalue weighted by atomic mass is 10.1. The predicted molar refractivity (Wildman–Crippen MR) is 82.3 cm³/mol. The molecule has 5 nitrogen and oxygen atoms in total. The number of hydrogen-bond donors (Lipinski definition) is 1. The molecule has 1 aromatic carbocycles. The summed E-state index contributed by atoms with van der Waals surface area (Å²) in [5.41, 5.74) is 2.49. The van der Waals surface area contributed by atoms with Crippen LogP contribution in [0.2, 0.25) is 0 Å². The molecule has 1 heterocycles. The molecule has 0 aliphatic rings. The van der Waals surface area contributed by atoms with Crippen LogP contribution in [0.5, 0.6) is 5.75 Å². The van der Waals surface area contributed by atoms with Crippen molar-refractivity contribution in [3.8, 4) is 23.1 Å². The number of rotatable bonds is 5. The van der Waals surface area contributed by atoms with Gasteiger partial charge in [0, 0.05) is 22.9 Å². The molecule has 1 N–H and O–H groups in total. The molecule has 108 valence electrons. The smallest absolute Gasteiger partial charge is 0.225 e. The number of amides is 1. The van der Waals surface area contributed by atoms with Crippen molar-refractivity contribution in [2.45, 2.75) is 19.8 Å². The minimum atomic E-state index is -0.0594. The van der Waals surface area contributed by atoms with Gasteiger partial charge in [-0.2, -0.15) is 5.26 Å². The van der Waals surface area contributed by atoms with Gasteiger partial charge >= 0.3 is 0 Å². The number of methoxy groups -OCH3 is 1. The molecule has 0 bridgehead atoms. The van der Waals surface area contributed by atoms with Crippen LogP contribution in [0.3, 0.4) is 0 Å². The standard InChI is InChI=1S/C15H15N3O2S/c1-3-14(19)18-15-17-12(9-21-15)10-4-5-13(20-2)11(8-10)6-7-16/h4-5,8-9H,3,6H2,1-2H3,(H,17,18,19). The summed E-state index contributed by atoms with van der Waals surface area (Å²) in [6, 6.07) is 7.73. The lowest BCUT2D eigenvalue weighted by Gasteiger charge is -2.07. The fourth-order valence-electron chi connectivity index (χ4n) is 1.83. The van der Waals surface area contributed by atoms with E-state index in [4.69, 9.17) is 10.00 Å². The Balaban J connectivity index is 2.28. The number of nitrogens with zero attached hydrogens (tertiary/aromatic N) is 2. The average molecular weight is 301 g/mol. The number of hydrogen-bond acceptors (Lipinski definition) is 5. The molecule has 0 unspecified atom stereocenters. The lowest BCUT2D eigenvalue weighted by molar-refractivity contribution is -0.115. The second-order valence-electron chi connectivity index (χ2n) is 4.30. The zero-order valence-electron chi connectivity index (χ0n) is 11.8. The van der Waals surface area contributed by atoms with Crippen molar-refractivity contribution in [1.29, 1.82) is 5.26 Å². The summed E-state index contributed by atoms with van der Waals surface area (Å²) in [5.74, 6) is 0.630. The van der Waals surface area contributed by atoms with Gasteiger partial charge in [0.05, 0.1) is 25.3 Å². The van der Waals surface area contributed by atoms with Crippen molar-refractivity contribution >= 4 is 22.4 Å². The third-order valence-electron chi connectivity index (χ3n) is 2.92. The van der Waals surface area contributed by atoms with Crippen molar-refractivity contribution in [2.24, 2.45) is 0 Å². The highest BCUT2D eigenvalue weighted by Crippen LogP contribution is 2.29. The molecule has 6 heteroatoms. The SMILES string of the molecule is CCC(=O)Nc1nc(-c2ccc(OC)c(CC#N)c2)cs1. The molecule has 21 heavy (non-hydrogen) atoms. The van der Waals surface area contributed by atoms with Gasteiger partial charge in [-0.3, -0.25) is 4.79 Å². The van der Waals surface area contributed by atoms with Crippen LogP contribution in [0.1, 0.15) is 18.9 Å². The molecular weight excluding hydrogens is 286 g/mol. The van der Waals surface area contributed by atoms with Crippen molar-refractivity contribution in [1.82, 2.24) is 4.98 Å². The number of benzene rings is 1. The molecule has 0 saturated carbocycles. The molecule has 0 saturated heterocycles. The van der Waals surface area contributed by atoms with Crippen LogP contribution < -0.4 is 10.1 Å². The van der Waals surface area contributed by atoms with Gasteiger partial charge in [0.15, 0.2) is 5.13 Å². The van der Waals surface area contributed by atoms with Crippen LogP contribution in [0.4, 0.5) is 5.13 Å². The fraction of sp³-hybridized carbons (Fsp3) is 0.267. The van der Waals surface area contributed by atoms with Gasteiger partial charge in [-0.15, -0.1) is 11.3 Å². The lowest BCUT2D eigenvalue weighted by Crippen LogP contribution is -2.08. The largest absolute Gasteiger partial charge is 0.496 e. The summed E-state index contributed by atoms with van der Waals surface area (Å²) in [4.78, 5) is 15.7. The number of ether oxygens (including phenoxy) is 1. The fourth-order valence-corrected chi connectivity index (χ4v) is 2.57. The molecule has 1 aromatic heterocycles. The number of anilines is 1. The maximum atomic E-state index is 11.4. The predicted octanol–water partition coefficient (Wildman–Crippen LogP) is 3.23. The first-order chi connectivity index (χ1) is 10.2. The van der Waals surface area contributed by atoms with Crippen LogP contribution in [0, 0.1) is 11.3 Å². The molecule has 0 spiro atoms. The van der Waals surface area contributed by atoms with E-state index in [1.54, 1.807) is 14.0 Å². The monoisotopic (exact) mass is 301 g/mol. The molecule has 2 aromatic rings. The van der Waals surface area contributed by atoms with Gasteiger partial charge in [-0.25, -0.2) is 4.98 Å². The van der Waals surface area contributed by atoms with Crippen LogP contribution in [0.25, 0.3) is 11.3 Å². The Kier molecular flexibility index (Phi) is 4.90. The third-order valence-corrected chi connectivity index (χ3v) is 3.68. The van der Waals surface area contributed by atoms with Crippen molar-refractivity contribution in [3.05, 3.63) is 29.1 Å². The summed E-state index contributed by atoms with van der Waals surface area (Å²) in [5, 5.41) is 14.1. The Bertz CT molecular complexity index is 688. The summed E-state index contributed by atoms with van der Waals surface area (Å²) in [6.45, 7) is 1.79. The van der Waals surface area contributed by atoms with Crippen LogP contribution in [0.15, 0.2) is 23.6 Å². The summed E-state index contributed by atoms with van der Waals surface area (Å²) >= 11 is 1.38. The molecule has 2 rings (SSSR count). The van der Waals surface area contributed by atoms with E-state index < -0.39 is 0 Å². The highest BCUT2D eigenvalue weighted by atomic mass is 32.1. The van der Waals surface area contributed by atoms with E-state index in [1.165, 1.54) is 11.3 Å². The number of aromatic nitrogens is 1. The first kappa shape index (κ1) is 15.0. The van der Waals surface area contributed by atoms with Gasteiger partial charge in [0.2, 0.25) is 5.91 Å². The van der Waals surface area contributed by atoms with Gasteiger partial charge in [-0.05, 0) is 18.2 Å². The van der Waals surface area contributed by atoms with Crippen molar-refractivity contribution in [2.75, 3.05) is 12.4 Å². The van der Waals surface area contributed by atoms with Gasteiger partial charge in [-0.1, -0.05) is 6.92 Å². The van der Waals surface area contributed by atoms with Gasteiger partial charge in [0.1, 0.15) is 5.75 Å². The van der Waals surface area contributed by atoms with E-state index >= 15 is 0 Å². The highest BCUT2D eigenvalue weighted by molar-refractivity contribution is 7.14. The molecule has 0 radical (unpaired) electrons. The second kappa shape index (κ2) is 6.86. The topological polar surface area (TPSA) is 75.0 Å². The molecule has 1 amide bonds. The van der Waals surface area contributed by atoms with Crippen LogP contribution >= 0.6 is 11.3 Å². The molecule has 0 atom stereocenters. The van der Waals surface area contributed by atoms with Crippen molar-refractivity contribution < 1.29 is 9.53 Å². The minimum absolute atomic E-state index is 0.0594. The number of nitriles is 1. The maximum Gasteiger partial charge on any atom is 0.225 e. The Morgan fingerprint density at radius 3 is 3.00 bits per heavy atom. The summed E-state index contributed by atoms with van der Waals surface area (Å²) < 4.78 is 5.24. The first-order valence-electron chi connectivity index (χ1n) is 6.47. The minimum Gasteiger partial charge on any atom is -0.496 e. The highest BCUT2D eigenvalue weighted by Gasteiger charge is 2.10.